The molecule has 0 unspecified atom stereocenters. The van der Waals surface area contributed by atoms with Crippen molar-refractivity contribution in [3.63, 3.8) is 0 Å². The zero-order chi connectivity index (χ0) is 29.1. The standard InChI is InChI=1S/C29H27F3N6O2S/c1-18-14-19(2)25(20(3)15-18)37-12-13-41-28(37)35-27(39)33-16-21-4-6-22(7-5-21)26-34-17-38(36-26)23-8-10-24(11-9-23)40-29(30,31)32/h4-11,14-15,17H,12-13,16H2,1-3H3,(H,33,39). The van der Waals surface area contributed by atoms with Gasteiger partial charge in [0.1, 0.15) is 12.1 Å². The fourth-order valence-electron chi connectivity index (χ4n) is 4.70. The first-order valence-corrected chi connectivity index (χ1v) is 13.8. The van der Waals surface area contributed by atoms with E-state index in [0.717, 1.165) is 40.2 Å². The number of benzene rings is 3. The average molecular weight is 581 g/mol. The summed E-state index contributed by atoms with van der Waals surface area (Å²) in [7, 11) is 0. The number of hydrogen-bond donors (Lipinski definition) is 1. The van der Waals surface area contributed by atoms with E-state index in [4.69, 9.17) is 0 Å². The van der Waals surface area contributed by atoms with Crippen molar-refractivity contribution in [1.29, 1.82) is 0 Å². The van der Waals surface area contributed by atoms with Crippen molar-refractivity contribution in [2.75, 3.05) is 17.2 Å². The van der Waals surface area contributed by atoms with Gasteiger partial charge >= 0.3 is 12.4 Å². The minimum Gasteiger partial charge on any atom is -0.406 e. The first-order valence-electron chi connectivity index (χ1n) is 12.8. The van der Waals surface area contributed by atoms with E-state index < -0.39 is 12.4 Å². The molecule has 5 rings (SSSR count). The van der Waals surface area contributed by atoms with E-state index in [1.807, 2.05) is 24.3 Å². The Balaban J connectivity index is 1.20. The molecular formula is C29H27F3N6O2S. The number of halogens is 3. The molecule has 0 spiro atoms. The highest BCUT2D eigenvalue weighted by Crippen LogP contribution is 2.32. The van der Waals surface area contributed by atoms with Crippen molar-refractivity contribution in [2.24, 2.45) is 4.99 Å². The van der Waals surface area contributed by atoms with Crippen molar-refractivity contribution in [3.05, 3.63) is 89.2 Å². The van der Waals surface area contributed by atoms with Gasteiger partial charge in [-0.1, -0.05) is 53.7 Å². The molecule has 8 nitrogen and oxygen atoms in total. The van der Waals surface area contributed by atoms with Gasteiger partial charge in [-0.15, -0.1) is 18.3 Å². The Morgan fingerprint density at radius 1 is 1.05 bits per heavy atom. The van der Waals surface area contributed by atoms with Crippen LogP contribution in [0.5, 0.6) is 5.75 Å². The fraction of sp³-hybridized carbons (Fsp3) is 0.241. The number of carbonyl (C=O) groups excluding carboxylic acids is 1. The molecule has 212 valence electrons. The molecule has 0 aliphatic carbocycles. The Bertz CT molecular complexity index is 1560. The van der Waals surface area contributed by atoms with Gasteiger partial charge in [-0.05, 0) is 61.7 Å². The molecule has 0 atom stereocenters. The molecule has 1 fully saturated rings. The number of amidine groups is 1. The summed E-state index contributed by atoms with van der Waals surface area (Å²) in [5, 5.41) is 7.96. The van der Waals surface area contributed by atoms with E-state index >= 15 is 0 Å². The van der Waals surface area contributed by atoms with E-state index in [2.05, 4.69) is 62.9 Å². The van der Waals surface area contributed by atoms with Gasteiger partial charge in [-0.25, -0.2) is 14.5 Å². The van der Waals surface area contributed by atoms with Crippen molar-refractivity contribution in [3.8, 4) is 22.8 Å². The van der Waals surface area contributed by atoms with Crippen LogP contribution in [0.3, 0.4) is 0 Å². The maximum absolute atomic E-state index is 12.7. The highest BCUT2D eigenvalue weighted by molar-refractivity contribution is 8.14. The number of nitrogens with zero attached hydrogens (tertiary/aromatic N) is 5. The van der Waals surface area contributed by atoms with Crippen LogP contribution in [0.15, 0.2) is 72.0 Å². The number of alkyl halides is 3. The summed E-state index contributed by atoms with van der Waals surface area (Å²) >= 11 is 1.57. The van der Waals surface area contributed by atoms with Crippen LogP contribution < -0.4 is 15.0 Å². The van der Waals surface area contributed by atoms with Crippen LogP contribution in [0.1, 0.15) is 22.3 Å². The van der Waals surface area contributed by atoms with Crippen LogP contribution in [0.4, 0.5) is 23.7 Å². The maximum Gasteiger partial charge on any atom is 0.573 e. The van der Waals surface area contributed by atoms with Gasteiger partial charge < -0.3 is 15.0 Å². The number of amides is 2. The van der Waals surface area contributed by atoms with E-state index in [1.165, 1.54) is 40.8 Å². The number of nitrogens with one attached hydrogen (secondary N) is 1. The summed E-state index contributed by atoms with van der Waals surface area (Å²) in [5.41, 5.74) is 6.78. The number of thioether (sulfide) groups is 1. The predicted octanol–water partition coefficient (Wildman–Crippen LogP) is 6.58. The van der Waals surface area contributed by atoms with Crippen LogP contribution >= 0.6 is 11.8 Å². The number of ether oxygens (including phenoxy) is 1. The molecule has 41 heavy (non-hydrogen) atoms. The average Bonchev–Trinajstić information content (AvgIpc) is 3.57. The highest BCUT2D eigenvalue weighted by Gasteiger charge is 2.31. The lowest BCUT2D eigenvalue weighted by atomic mass is 10.0. The number of anilines is 1. The number of rotatable bonds is 6. The minimum atomic E-state index is -4.75. The maximum atomic E-state index is 12.7. The fourth-order valence-corrected chi connectivity index (χ4v) is 5.64. The summed E-state index contributed by atoms with van der Waals surface area (Å²) in [6.45, 7) is 7.33. The molecule has 1 aliphatic rings. The molecule has 12 heteroatoms. The second-order valence-electron chi connectivity index (χ2n) is 9.55. The lowest BCUT2D eigenvalue weighted by Gasteiger charge is -2.23. The van der Waals surface area contributed by atoms with Crippen molar-refractivity contribution < 1.29 is 22.7 Å². The smallest absolute Gasteiger partial charge is 0.406 e. The number of aromatic nitrogens is 3. The van der Waals surface area contributed by atoms with Crippen LogP contribution in [-0.2, 0) is 6.54 Å². The van der Waals surface area contributed by atoms with E-state index in [9.17, 15) is 18.0 Å². The molecule has 0 saturated carbocycles. The number of carbonyl (C=O) groups is 1. The topological polar surface area (TPSA) is 84.6 Å². The zero-order valence-corrected chi connectivity index (χ0v) is 23.4. The SMILES string of the molecule is Cc1cc(C)c(N2CCSC2=NC(=O)NCc2ccc(-c3ncn(-c4ccc(OC(F)(F)F)cc4)n3)cc2)c(C)c1. The molecule has 0 radical (unpaired) electrons. The lowest BCUT2D eigenvalue weighted by molar-refractivity contribution is -0.274. The highest BCUT2D eigenvalue weighted by atomic mass is 32.2. The Labute approximate surface area is 239 Å². The summed E-state index contributed by atoms with van der Waals surface area (Å²) in [5.74, 6) is 0.996. The van der Waals surface area contributed by atoms with Crippen LogP contribution in [0.25, 0.3) is 17.1 Å². The number of aryl methyl sites for hydroxylation is 3. The summed E-state index contributed by atoms with van der Waals surface area (Å²) in [6.07, 6.45) is -3.27. The third-order valence-electron chi connectivity index (χ3n) is 6.36. The Hall–Kier alpha value is -4.32. The van der Waals surface area contributed by atoms with Crippen LogP contribution in [-0.4, -0.2) is 44.6 Å². The molecule has 4 aromatic rings. The number of urea groups is 1. The Morgan fingerprint density at radius 3 is 2.39 bits per heavy atom. The molecule has 1 aromatic heterocycles. The molecule has 3 aromatic carbocycles. The van der Waals surface area contributed by atoms with Gasteiger partial charge in [-0.3, -0.25) is 0 Å². The minimum absolute atomic E-state index is 0.303. The second-order valence-corrected chi connectivity index (χ2v) is 10.6. The van der Waals surface area contributed by atoms with Crippen LogP contribution in [0, 0.1) is 20.8 Å². The molecule has 0 bridgehead atoms. The number of hydrogen-bond acceptors (Lipinski definition) is 5. The third kappa shape index (κ3) is 6.88. The number of aliphatic imine (C=N–C) groups is 1. The van der Waals surface area contributed by atoms with Gasteiger partial charge in [0.25, 0.3) is 0 Å². The normalized spacial score (nSPS) is 14.5. The predicted molar refractivity (Wildman–Crippen MR) is 154 cm³/mol. The summed E-state index contributed by atoms with van der Waals surface area (Å²) < 4.78 is 42.5. The molecule has 2 heterocycles. The van der Waals surface area contributed by atoms with Crippen molar-refractivity contribution >= 4 is 28.6 Å². The quantitative estimate of drug-likeness (QED) is 0.278. The molecule has 1 aliphatic heterocycles. The molecule has 2 amide bonds. The molecular weight excluding hydrogens is 553 g/mol. The lowest BCUT2D eigenvalue weighted by Crippen LogP contribution is -2.28. The van der Waals surface area contributed by atoms with Crippen molar-refractivity contribution in [1.82, 2.24) is 20.1 Å². The molecule has 1 N–H and O–H groups in total. The summed E-state index contributed by atoms with van der Waals surface area (Å²) in [6, 6.07) is 16.6. The first-order chi connectivity index (χ1) is 19.6. The van der Waals surface area contributed by atoms with E-state index in [0.29, 0.717) is 23.2 Å². The largest absolute Gasteiger partial charge is 0.573 e. The van der Waals surface area contributed by atoms with Gasteiger partial charge in [0.15, 0.2) is 11.0 Å². The van der Waals surface area contributed by atoms with Gasteiger partial charge in [-0.2, -0.15) is 4.99 Å². The first kappa shape index (κ1) is 28.2. The zero-order valence-electron chi connectivity index (χ0n) is 22.6. The van der Waals surface area contributed by atoms with Gasteiger partial charge in [0, 0.05) is 30.1 Å². The Morgan fingerprint density at radius 2 is 1.73 bits per heavy atom. The van der Waals surface area contributed by atoms with Crippen LogP contribution in [0.2, 0.25) is 0 Å². The van der Waals surface area contributed by atoms with E-state index in [-0.39, 0.29) is 5.75 Å². The Kier molecular flexibility index (Phi) is 8.02. The molecule has 1 saturated heterocycles. The summed E-state index contributed by atoms with van der Waals surface area (Å²) in [4.78, 5) is 23.4. The van der Waals surface area contributed by atoms with Gasteiger partial charge in [0.05, 0.1) is 5.69 Å². The second kappa shape index (κ2) is 11.7. The van der Waals surface area contributed by atoms with Gasteiger partial charge in [0.2, 0.25) is 0 Å². The monoisotopic (exact) mass is 580 g/mol. The van der Waals surface area contributed by atoms with Crippen molar-refractivity contribution in [2.45, 2.75) is 33.7 Å². The third-order valence-corrected chi connectivity index (χ3v) is 7.32. The van der Waals surface area contributed by atoms with E-state index in [1.54, 1.807) is 11.8 Å².